The molecule has 2 aromatic heterocycles. The van der Waals surface area contributed by atoms with E-state index in [4.69, 9.17) is 8.83 Å². The summed E-state index contributed by atoms with van der Waals surface area (Å²) >= 11 is 0. The van der Waals surface area contributed by atoms with Gasteiger partial charge in [0.1, 0.15) is 16.9 Å². The summed E-state index contributed by atoms with van der Waals surface area (Å²) in [5, 5.41) is 14.0. The van der Waals surface area contributed by atoms with Gasteiger partial charge in [-0.3, -0.25) is 4.79 Å². The van der Waals surface area contributed by atoms with Crippen LogP contribution in [-0.4, -0.2) is 17.6 Å². The maximum atomic E-state index is 12.7. The van der Waals surface area contributed by atoms with E-state index in [9.17, 15) is 14.7 Å². The molecule has 0 saturated carbocycles. The number of furan rings is 1. The highest BCUT2D eigenvalue weighted by molar-refractivity contribution is 6.07. The Morgan fingerprint density at radius 1 is 1.09 bits per heavy atom. The maximum absolute atomic E-state index is 12.7. The van der Waals surface area contributed by atoms with Crippen LogP contribution in [0.1, 0.15) is 48.6 Å². The molecule has 2 N–H and O–H groups in total. The lowest BCUT2D eigenvalue weighted by atomic mass is 9.85. The zero-order valence-corrected chi connectivity index (χ0v) is 19.7. The minimum Gasteiger partial charge on any atom is -0.508 e. The molecule has 0 fully saturated rings. The predicted molar refractivity (Wildman–Crippen MR) is 129 cm³/mol. The van der Waals surface area contributed by atoms with Crippen LogP contribution in [0.3, 0.4) is 0 Å². The zero-order chi connectivity index (χ0) is 23.9. The van der Waals surface area contributed by atoms with E-state index in [1.165, 1.54) is 0 Å². The number of aromatic hydroxyl groups is 1. The van der Waals surface area contributed by atoms with Gasteiger partial charge in [0, 0.05) is 17.5 Å². The van der Waals surface area contributed by atoms with Crippen LogP contribution < -0.4 is 10.9 Å². The Morgan fingerprint density at radius 2 is 1.79 bits per heavy atom. The molecule has 4 aromatic rings. The Morgan fingerprint density at radius 3 is 2.45 bits per heavy atom. The first-order valence-electron chi connectivity index (χ1n) is 11.1. The number of amides is 1. The van der Waals surface area contributed by atoms with Crippen molar-refractivity contribution in [2.24, 2.45) is 0 Å². The molecule has 2 aromatic carbocycles. The number of carbonyl (C=O) groups excluding carboxylic acids is 1. The van der Waals surface area contributed by atoms with Crippen molar-refractivity contribution >= 4 is 27.8 Å². The van der Waals surface area contributed by atoms with Gasteiger partial charge in [-0.05, 0) is 60.6 Å². The van der Waals surface area contributed by atoms with E-state index < -0.39 is 5.63 Å². The molecule has 0 spiro atoms. The lowest BCUT2D eigenvalue weighted by Crippen LogP contribution is -2.29. The third-order valence-electron chi connectivity index (χ3n) is 6.10. The van der Waals surface area contributed by atoms with Crippen LogP contribution in [0.15, 0.2) is 50.2 Å². The first kappa shape index (κ1) is 22.6. The van der Waals surface area contributed by atoms with Crippen LogP contribution >= 0.6 is 0 Å². The van der Waals surface area contributed by atoms with Gasteiger partial charge in [-0.1, -0.05) is 32.9 Å². The highest BCUT2D eigenvalue weighted by Crippen LogP contribution is 2.38. The fourth-order valence-corrected chi connectivity index (χ4v) is 4.28. The molecule has 0 atom stereocenters. The van der Waals surface area contributed by atoms with Gasteiger partial charge < -0.3 is 19.3 Å². The first-order valence-corrected chi connectivity index (χ1v) is 11.1. The second-order valence-electron chi connectivity index (χ2n) is 9.61. The van der Waals surface area contributed by atoms with Gasteiger partial charge in [0.2, 0.25) is 5.91 Å². The quantitative estimate of drug-likeness (QED) is 0.417. The molecule has 33 heavy (non-hydrogen) atoms. The molecule has 172 valence electrons. The topological polar surface area (TPSA) is 92.7 Å². The summed E-state index contributed by atoms with van der Waals surface area (Å²) in [6, 6.07) is 8.72. The van der Waals surface area contributed by atoms with Crippen molar-refractivity contribution < 1.29 is 18.7 Å². The Bertz CT molecular complexity index is 1400. The third-order valence-corrected chi connectivity index (χ3v) is 6.10. The van der Waals surface area contributed by atoms with Crippen molar-refractivity contribution in [3.8, 4) is 5.75 Å². The van der Waals surface area contributed by atoms with Gasteiger partial charge in [0.05, 0.1) is 23.6 Å². The normalized spacial score (nSPS) is 11.9. The lowest BCUT2D eigenvalue weighted by molar-refractivity contribution is -0.120. The summed E-state index contributed by atoms with van der Waals surface area (Å²) in [7, 11) is 0. The van der Waals surface area contributed by atoms with E-state index in [-0.39, 0.29) is 23.5 Å². The van der Waals surface area contributed by atoms with Crippen molar-refractivity contribution in [2.75, 3.05) is 6.54 Å². The van der Waals surface area contributed by atoms with Gasteiger partial charge in [-0.25, -0.2) is 4.79 Å². The molecule has 1 amide bonds. The fourth-order valence-electron chi connectivity index (χ4n) is 4.28. The molecular formula is C27H29NO5. The van der Waals surface area contributed by atoms with Crippen molar-refractivity contribution in [2.45, 2.75) is 52.9 Å². The van der Waals surface area contributed by atoms with Crippen LogP contribution in [0.2, 0.25) is 0 Å². The monoisotopic (exact) mass is 447 g/mol. The molecule has 4 rings (SSSR count). The van der Waals surface area contributed by atoms with Crippen molar-refractivity contribution in [3.05, 3.63) is 74.8 Å². The summed E-state index contributed by atoms with van der Waals surface area (Å²) < 4.78 is 11.6. The number of phenols is 1. The van der Waals surface area contributed by atoms with Crippen molar-refractivity contribution in [1.29, 1.82) is 0 Å². The van der Waals surface area contributed by atoms with E-state index in [2.05, 4.69) is 26.1 Å². The van der Waals surface area contributed by atoms with Crippen LogP contribution in [0.4, 0.5) is 0 Å². The molecule has 0 aliphatic carbocycles. The maximum Gasteiger partial charge on any atom is 0.340 e. The highest BCUT2D eigenvalue weighted by Gasteiger charge is 2.25. The molecule has 6 nitrogen and oxygen atoms in total. The molecule has 0 saturated heterocycles. The van der Waals surface area contributed by atoms with Gasteiger partial charge in [-0.15, -0.1) is 0 Å². The number of hydrogen-bond donors (Lipinski definition) is 2. The Balaban J connectivity index is 1.64. The minimum absolute atomic E-state index is 0.0676. The summed E-state index contributed by atoms with van der Waals surface area (Å²) in [5.41, 5.74) is 4.66. The van der Waals surface area contributed by atoms with Crippen LogP contribution in [-0.2, 0) is 23.1 Å². The van der Waals surface area contributed by atoms with Gasteiger partial charge >= 0.3 is 5.63 Å². The SMILES string of the molecule is Cc1cc2oc(=O)c(CC(=O)NCCc3ccc(O)cc3)c(C)c2c2occ(C(C)(C)C)c12. The summed E-state index contributed by atoms with van der Waals surface area (Å²) in [4.78, 5) is 25.3. The van der Waals surface area contributed by atoms with E-state index in [1.807, 2.05) is 32.0 Å². The van der Waals surface area contributed by atoms with E-state index in [1.54, 1.807) is 18.4 Å². The van der Waals surface area contributed by atoms with Crippen molar-refractivity contribution in [1.82, 2.24) is 5.32 Å². The van der Waals surface area contributed by atoms with Gasteiger partial charge in [0.25, 0.3) is 0 Å². The standard InChI is InChI=1S/C27H29NO5/c1-15-12-21-24(25-23(15)20(14-32-25)27(3,4)5)16(2)19(26(31)33-21)13-22(30)28-11-10-17-6-8-18(29)9-7-17/h6-9,12,14,29H,10-11,13H2,1-5H3,(H,28,30). The number of aryl methyl sites for hydroxylation is 2. The van der Waals surface area contributed by atoms with E-state index in [0.717, 1.165) is 27.5 Å². The van der Waals surface area contributed by atoms with E-state index >= 15 is 0 Å². The molecule has 0 aliphatic heterocycles. The zero-order valence-electron chi connectivity index (χ0n) is 19.7. The number of fused-ring (bicyclic) bond motifs is 3. The Labute approximate surface area is 192 Å². The van der Waals surface area contributed by atoms with E-state index in [0.29, 0.717) is 35.3 Å². The number of carbonyl (C=O) groups is 1. The number of benzene rings is 2. The number of nitrogens with one attached hydrogen (secondary N) is 1. The van der Waals surface area contributed by atoms with Crippen molar-refractivity contribution in [3.63, 3.8) is 0 Å². The summed E-state index contributed by atoms with van der Waals surface area (Å²) in [5.74, 6) is -0.0431. The van der Waals surface area contributed by atoms with Crippen LogP contribution in [0.25, 0.3) is 21.9 Å². The summed E-state index contributed by atoms with van der Waals surface area (Å²) in [6.45, 7) is 10.6. The second kappa shape index (κ2) is 8.43. The summed E-state index contributed by atoms with van der Waals surface area (Å²) in [6.07, 6.45) is 2.33. The molecular weight excluding hydrogens is 418 g/mol. The fraction of sp³-hybridized carbons (Fsp3) is 0.333. The van der Waals surface area contributed by atoms with Gasteiger partial charge in [0.15, 0.2) is 0 Å². The molecule has 0 bridgehead atoms. The number of hydrogen-bond acceptors (Lipinski definition) is 5. The predicted octanol–water partition coefficient (Wildman–Crippen LogP) is 5.06. The minimum atomic E-state index is -0.505. The Kier molecular flexibility index (Phi) is 5.78. The van der Waals surface area contributed by atoms with Crippen LogP contribution in [0.5, 0.6) is 5.75 Å². The average molecular weight is 448 g/mol. The van der Waals surface area contributed by atoms with Crippen LogP contribution in [0, 0.1) is 13.8 Å². The number of rotatable bonds is 5. The molecule has 0 aliphatic rings. The largest absolute Gasteiger partial charge is 0.508 e. The molecule has 0 radical (unpaired) electrons. The Hall–Kier alpha value is -3.54. The lowest BCUT2D eigenvalue weighted by Gasteiger charge is -2.17. The molecule has 2 heterocycles. The smallest absolute Gasteiger partial charge is 0.340 e. The average Bonchev–Trinajstić information content (AvgIpc) is 3.19. The molecule has 0 unspecified atom stereocenters. The third kappa shape index (κ3) is 4.38. The second-order valence-corrected chi connectivity index (χ2v) is 9.61. The highest BCUT2D eigenvalue weighted by atomic mass is 16.4. The first-order chi connectivity index (χ1) is 15.6. The molecule has 6 heteroatoms. The number of phenolic OH excluding ortho intramolecular Hbond substituents is 1. The van der Waals surface area contributed by atoms with Gasteiger partial charge in [-0.2, -0.15) is 0 Å².